The molecular formula is C17H26N4O2. The van der Waals surface area contributed by atoms with Crippen LogP contribution in [0.25, 0.3) is 0 Å². The molecule has 1 aromatic heterocycles. The molecule has 6 heteroatoms. The Hall–Kier alpha value is -1.53. The third-order valence-corrected chi connectivity index (χ3v) is 5.09. The van der Waals surface area contributed by atoms with Gasteiger partial charge >= 0.3 is 0 Å². The zero-order valence-corrected chi connectivity index (χ0v) is 13.6. The minimum absolute atomic E-state index is 0.149. The minimum atomic E-state index is 0.149. The van der Waals surface area contributed by atoms with Crippen molar-refractivity contribution in [3.05, 3.63) is 24.3 Å². The van der Waals surface area contributed by atoms with Crippen LogP contribution in [0.15, 0.2) is 18.6 Å². The zero-order valence-electron chi connectivity index (χ0n) is 13.6. The molecule has 23 heavy (non-hydrogen) atoms. The topological polar surface area (TPSA) is 69.6 Å². The number of hydrogen-bond acceptors (Lipinski definition) is 5. The van der Waals surface area contributed by atoms with Crippen LogP contribution < -0.4 is 0 Å². The fourth-order valence-corrected chi connectivity index (χ4v) is 3.75. The summed E-state index contributed by atoms with van der Waals surface area (Å²) in [5, 5.41) is 9.37. The van der Waals surface area contributed by atoms with E-state index in [0.29, 0.717) is 25.0 Å². The van der Waals surface area contributed by atoms with Crippen LogP contribution in [0.5, 0.6) is 0 Å². The quantitative estimate of drug-likeness (QED) is 0.886. The van der Waals surface area contributed by atoms with Gasteiger partial charge in [-0.15, -0.1) is 0 Å². The summed E-state index contributed by atoms with van der Waals surface area (Å²) in [7, 11) is 0. The van der Waals surface area contributed by atoms with Gasteiger partial charge in [0, 0.05) is 50.9 Å². The largest absolute Gasteiger partial charge is 0.396 e. The highest BCUT2D eigenvalue weighted by atomic mass is 16.3. The summed E-state index contributed by atoms with van der Waals surface area (Å²) in [6.45, 7) is 4.09. The number of likely N-dealkylation sites (tertiary alicyclic amines) is 2. The predicted molar refractivity (Wildman–Crippen MR) is 86.7 cm³/mol. The Bertz CT molecular complexity index is 503. The molecular weight excluding hydrogens is 292 g/mol. The number of nitrogens with zero attached hydrogens (tertiary/aromatic N) is 4. The van der Waals surface area contributed by atoms with Gasteiger partial charge in [-0.3, -0.25) is 19.7 Å². The van der Waals surface area contributed by atoms with Gasteiger partial charge in [0.15, 0.2) is 0 Å². The van der Waals surface area contributed by atoms with Gasteiger partial charge in [0.05, 0.1) is 12.1 Å². The fraction of sp³-hybridized carbons (Fsp3) is 0.706. The fourth-order valence-electron chi connectivity index (χ4n) is 3.75. The predicted octanol–water partition coefficient (Wildman–Crippen LogP) is 0.714. The number of aromatic nitrogens is 2. The van der Waals surface area contributed by atoms with E-state index in [1.807, 2.05) is 4.90 Å². The average Bonchev–Trinajstić information content (AvgIpc) is 2.63. The average molecular weight is 318 g/mol. The van der Waals surface area contributed by atoms with Crippen LogP contribution in [0.4, 0.5) is 0 Å². The molecule has 126 valence electrons. The van der Waals surface area contributed by atoms with Crippen LogP contribution in [0.3, 0.4) is 0 Å². The van der Waals surface area contributed by atoms with Gasteiger partial charge < -0.3 is 10.0 Å². The number of piperidine rings is 2. The lowest BCUT2D eigenvalue weighted by Crippen LogP contribution is -2.50. The number of aliphatic hydroxyl groups excluding tert-OH is 1. The Labute approximate surface area is 137 Å². The molecule has 3 rings (SSSR count). The third-order valence-electron chi connectivity index (χ3n) is 5.09. The van der Waals surface area contributed by atoms with Gasteiger partial charge in [0.2, 0.25) is 5.91 Å². The maximum atomic E-state index is 12.4. The molecule has 1 atom stereocenters. The lowest BCUT2D eigenvalue weighted by molar-refractivity contribution is -0.132. The highest BCUT2D eigenvalue weighted by Crippen LogP contribution is 2.23. The van der Waals surface area contributed by atoms with E-state index in [1.165, 1.54) is 6.42 Å². The Morgan fingerprint density at radius 2 is 2.04 bits per heavy atom. The van der Waals surface area contributed by atoms with Crippen molar-refractivity contribution in [3.8, 4) is 0 Å². The first kappa shape index (κ1) is 16.3. The van der Waals surface area contributed by atoms with Gasteiger partial charge in [-0.25, -0.2) is 0 Å². The van der Waals surface area contributed by atoms with Gasteiger partial charge in [-0.2, -0.15) is 0 Å². The van der Waals surface area contributed by atoms with Crippen molar-refractivity contribution < 1.29 is 9.90 Å². The second kappa shape index (κ2) is 7.84. The number of carbonyl (C=O) groups excluding carboxylic acids is 1. The van der Waals surface area contributed by atoms with E-state index in [4.69, 9.17) is 0 Å². The molecule has 1 amide bonds. The molecule has 0 saturated carbocycles. The third kappa shape index (κ3) is 4.26. The first-order chi connectivity index (χ1) is 11.3. The second-order valence-electron chi connectivity index (χ2n) is 6.67. The summed E-state index contributed by atoms with van der Waals surface area (Å²) in [6, 6.07) is 0.560. The van der Waals surface area contributed by atoms with Crippen LogP contribution in [0, 0.1) is 5.92 Å². The van der Waals surface area contributed by atoms with Crippen molar-refractivity contribution >= 4 is 5.91 Å². The Kier molecular flexibility index (Phi) is 5.56. The van der Waals surface area contributed by atoms with E-state index in [0.717, 1.165) is 51.1 Å². The molecule has 2 fully saturated rings. The molecule has 0 bridgehead atoms. The first-order valence-electron chi connectivity index (χ1n) is 8.64. The normalized spacial score (nSPS) is 23.9. The maximum Gasteiger partial charge on any atom is 0.228 e. The first-order valence-corrected chi connectivity index (χ1v) is 8.64. The SMILES string of the molecule is O=C(Cc1cnccn1)N1CCC(N2CCCC(CO)C2)CC1. The van der Waals surface area contributed by atoms with E-state index < -0.39 is 0 Å². The van der Waals surface area contributed by atoms with E-state index in [2.05, 4.69) is 14.9 Å². The number of carbonyl (C=O) groups is 1. The van der Waals surface area contributed by atoms with Crippen LogP contribution in [-0.2, 0) is 11.2 Å². The van der Waals surface area contributed by atoms with Crippen LogP contribution in [0.2, 0.25) is 0 Å². The van der Waals surface area contributed by atoms with E-state index >= 15 is 0 Å². The highest BCUT2D eigenvalue weighted by Gasteiger charge is 2.29. The molecule has 3 heterocycles. The van der Waals surface area contributed by atoms with Crippen LogP contribution in [-0.4, -0.2) is 69.6 Å². The van der Waals surface area contributed by atoms with Crippen molar-refractivity contribution in [3.63, 3.8) is 0 Å². The minimum Gasteiger partial charge on any atom is -0.396 e. The molecule has 0 spiro atoms. The second-order valence-corrected chi connectivity index (χ2v) is 6.67. The summed E-state index contributed by atoms with van der Waals surface area (Å²) < 4.78 is 0. The van der Waals surface area contributed by atoms with Crippen molar-refractivity contribution in [1.29, 1.82) is 0 Å². The van der Waals surface area contributed by atoms with Crippen LogP contribution in [0.1, 0.15) is 31.4 Å². The van der Waals surface area contributed by atoms with Gasteiger partial charge in [0.25, 0.3) is 0 Å². The monoisotopic (exact) mass is 318 g/mol. The smallest absolute Gasteiger partial charge is 0.228 e. The summed E-state index contributed by atoms with van der Waals surface area (Å²) in [5.74, 6) is 0.580. The number of hydrogen-bond donors (Lipinski definition) is 1. The molecule has 6 nitrogen and oxygen atoms in total. The number of aliphatic hydroxyl groups is 1. The standard InChI is InChI=1S/C17H26N4O2/c22-13-14-2-1-7-21(12-14)16-3-8-20(9-4-16)17(23)10-15-11-18-5-6-19-15/h5-6,11,14,16,22H,1-4,7-10,12-13H2. The number of rotatable bonds is 4. The molecule has 0 aromatic carbocycles. The zero-order chi connectivity index (χ0) is 16.1. The van der Waals surface area contributed by atoms with Gasteiger partial charge in [0.1, 0.15) is 0 Å². The summed E-state index contributed by atoms with van der Waals surface area (Å²) >= 11 is 0. The van der Waals surface area contributed by atoms with Crippen molar-refractivity contribution in [2.45, 2.75) is 38.1 Å². The maximum absolute atomic E-state index is 12.4. The lowest BCUT2D eigenvalue weighted by atomic mass is 9.94. The molecule has 2 aliphatic rings. The molecule has 1 unspecified atom stereocenters. The Balaban J connectivity index is 1.47. The van der Waals surface area contributed by atoms with Crippen molar-refractivity contribution in [2.24, 2.45) is 5.92 Å². The molecule has 1 aromatic rings. The van der Waals surface area contributed by atoms with Gasteiger partial charge in [-0.1, -0.05) is 0 Å². The summed E-state index contributed by atoms with van der Waals surface area (Å²) in [5.41, 5.74) is 0.737. The molecule has 1 N–H and O–H groups in total. The van der Waals surface area contributed by atoms with Crippen molar-refractivity contribution in [2.75, 3.05) is 32.8 Å². The summed E-state index contributed by atoms with van der Waals surface area (Å²) in [4.78, 5) is 25.0. The highest BCUT2D eigenvalue weighted by molar-refractivity contribution is 5.78. The molecule has 0 radical (unpaired) electrons. The molecule has 0 aliphatic carbocycles. The Morgan fingerprint density at radius 3 is 2.74 bits per heavy atom. The van der Waals surface area contributed by atoms with Crippen molar-refractivity contribution in [1.82, 2.24) is 19.8 Å². The lowest BCUT2D eigenvalue weighted by Gasteiger charge is -2.42. The van der Waals surface area contributed by atoms with Crippen LogP contribution >= 0.6 is 0 Å². The number of amides is 1. The van der Waals surface area contributed by atoms with E-state index in [9.17, 15) is 9.90 Å². The summed E-state index contributed by atoms with van der Waals surface area (Å²) in [6.07, 6.45) is 9.64. The molecule has 2 saturated heterocycles. The van der Waals surface area contributed by atoms with Gasteiger partial charge in [-0.05, 0) is 38.1 Å². The molecule has 2 aliphatic heterocycles. The van der Waals surface area contributed by atoms with E-state index in [1.54, 1.807) is 18.6 Å². The van der Waals surface area contributed by atoms with E-state index in [-0.39, 0.29) is 5.91 Å². The Morgan fingerprint density at radius 1 is 1.22 bits per heavy atom.